The topological polar surface area (TPSA) is 58.4 Å². The lowest BCUT2D eigenvalue weighted by Gasteiger charge is -2.33. The molecule has 1 aromatic rings. The van der Waals surface area contributed by atoms with Gasteiger partial charge in [0, 0.05) is 12.6 Å². The van der Waals surface area contributed by atoms with Crippen molar-refractivity contribution >= 4 is 5.91 Å². The number of benzene rings is 1. The predicted molar refractivity (Wildman–Crippen MR) is 83.5 cm³/mol. The van der Waals surface area contributed by atoms with Crippen molar-refractivity contribution in [3.8, 4) is 0 Å². The van der Waals surface area contributed by atoms with Gasteiger partial charge in [-0.3, -0.25) is 9.69 Å². The van der Waals surface area contributed by atoms with Crippen LogP contribution in [0.4, 0.5) is 0 Å². The van der Waals surface area contributed by atoms with Crippen molar-refractivity contribution < 1.29 is 4.79 Å². The number of likely N-dealkylation sites (N-methyl/N-ethyl adjacent to an activating group) is 2. The van der Waals surface area contributed by atoms with Crippen LogP contribution in [0.5, 0.6) is 0 Å². The molecule has 4 heteroatoms. The van der Waals surface area contributed by atoms with E-state index < -0.39 is 0 Å². The molecule has 1 amide bonds. The summed E-state index contributed by atoms with van der Waals surface area (Å²) in [5, 5.41) is 2.85. The second kappa shape index (κ2) is 8.02. The van der Waals surface area contributed by atoms with E-state index >= 15 is 0 Å². The third-order valence-corrected chi connectivity index (χ3v) is 3.40. The molecule has 0 spiro atoms. The van der Waals surface area contributed by atoms with Gasteiger partial charge in [-0.2, -0.15) is 0 Å². The summed E-state index contributed by atoms with van der Waals surface area (Å²) in [6.07, 6.45) is 0. The minimum absolute atomic E-state index is 0.0359. The molecule has 3 N–H and O–H groups in total. The van der Waals surface area contributed by atoms with Crippen LogP contribution in [0.2, 0.25) is 0 Å². The summed E-state index contributed by atoms with van der Waals surface area (Å²) in [6, 6.07) is 8.37. The Kier molecular flexibility index (Phi) is 6.68. The molecule has 0 aliphatic carbocycles. The lowest BCUT2D eigenvalue weighted by atomic mass is 9.97. The molecule has 4 nitrogen and oxygen atoms in total. The van der Waals surface area contributed by atoms with Crippen molar-refractivity contribution in [2.75, 3.05) is 19.6 Å². The highest BCUT2D eigenvalue weighted by Gasteiger charge is 2.24. The standard InChI is InChI=1S/C16H27N3O/c1-5-18-15(20)11-19(6-2)16(13(4)17)14-9-7-8-12(3)10-14/h7-10,13,16H,5-6,11,17H2,1-4H3,(H,18,20). The monoisotopic (exact) mass is 277 g/mol. The van der Waals surface area contributed by atoms with E-state index in [0.717, 1.165) is 6.54 Å². The van der Waals surface area contributed by atoms with E-state index in [9.17, 15) is 4.79 Å². The van der Waals surface area contributed by atoms with Gasteiger partial charge in [0.1, 0.15) is 0 Å². The first-order chi connectivity index (χ1) is 9.49. The van der Waals surface area contributed by atoms with Crippen molar-refractivity contribution in [2.24, 2.45) is 5.73 Å². The summed E-state index contributed by atoms with van der Waals surface area (Å²) in [4.78, 5) is 14.0. The first-order valence-corrected chi connectivity index (χ1v) is 7.32. The van der Waals surface area contributed by atoms with E-state index in [-0.39, 0.29) is 18.0 Å². The molecule has 0 aromatic heterocycles. The summed E-state index contributed by atoms with van der Waals surface area (Å²) in [6.45, 7) is 9.88. The Bertz CT molecular complexity index is 431. The van der Waals surface area contributed by atoms with Gasteiger partial charge < -0.3 is 11.1 Å². The Morgan fingerprint density at radius 1 is 1.40 bits per heavy atom. The number of hydrogen-bond donors (Lipinski definition) is 2. The maximum absolute atomic E-state index is 11.8. The van der Waals surface area contributed by atoms with E-state index in [1.54, 1.807) is 0 Å². The van der Waals surface area contributed by atoms with Gasteiger partial charge in [0.05, 0.1) is 12.6 Å². The Labute approximate surface area is 122 Å². The summed E-state index contributed by atoms with van der Waals surface area (Å²) >= 11 is 0. The van der Waals surface area contributed by atoms with Gasteiger partial charge >= 0.3 is 0 Å². The molecule has 0 radical (unpaired) electrons. The lowest BCUT2D eigenvalue weighted by Crippen LogP contribution is -2.44. The minimum Gasteiger partial charge on any atom is -0.355 e. The fourth-order valence-electron chi connectivity index (χ4n) is 2.55. The number of nitrogens with one attached hydrogen (secondary N) is 1. The lowest BCUT2D eigenvalue weighted by molar-refractivity contribution is -0.122. The number of aryl methyl sites for hydroxylation is 1. The first kappa shape index (κ1) is 16.7. The van der Waals surface area contributed by atoms with Crippen molar-refractivity contribution in [1.29, 1.82) is 0 Å². The van der Waals surface area contributed by atoms with Crippen LogP contribution >= 0.6 is 0 Å². The fourth-order valence-corrected chi connectivity index (χ4v) is 2.55. The number of amides is 1. The van der Waals surface area contributed by atoms with Crippen LogP contribution in [-0.2, 0) is 4.79 Å². The van der Waals surface area contributed by atoms with Crippen LogP contribution in [0.1, 0.15) is 37.9 Å². The molecule has 0 heterocycles. The molecular weight excluding hydrogens is 250 g/mol. The zero-order valence-corrected chi connectivity index (χ0v) is 13.0. The van der Waals surface area contributed by atoms with Gasteiger partial charge in [0.2, 0.25) is 5.91 Å². The second-order valence-electron chi connectivity index (χ2n) is 5.23. The average Bonchev–Trinajstić information content (AvgIpc) is 2.37. The van der Waals surface area contributed by atoms with Gasteiger partial charge in [0.25, 0.3) is 0 Å². The van der Waals surface area contributed by atoms with E-state index in [2.05, 4.69) is 42.3 Å². The van der Waals surface area contributed by atoms with E-state index in [1.807, 2.05) is 19.9 Å². The third kappa shape index (κ3) is 4.62. The summed E-state index contributed by atoms with van der Waals surface area (Å²) in [7, 11) is 0. The van der Waals surface area contributed by atoms with E-state index in [1.165, 1.54) is 11.1 Å². The SMILES string of the molecule is CCNC(=O)CN(CC)C(c1cccc(C)c1)C(C)N. The van der Waals surface area contributed by atoms with E-state index in [0.29, 0.717) is 13.1 Å². The minimum atomic E-state index is -0.0359. The molecule has 2 unspecified atom stereocenters. The fraction of sp³-hybridized carbons (Fsp3) is 0.562. The van der Waals surface area contributed by atoms with Crippen LogP contribution < -0.4 is 11.1 Å². The van der Waals surface area contributed by atoms with Gasteiger partial charge in [0.15, 0.2) is 0 Å². The summed E-state index contributed by atoms with van der Waals surface area (Å²) in [5.41, 5.74) is 8.55. The second-order valence-corrected chi connectivity index (χ2v) is 5.23. The number of rotatable bonds is 7. The van der Waals surface area contributed by atoms with Gasteiger partial charge in [-0.05, 0) is 32.9 Å². The summed E-state index contributed by atoms with van der Waals surface area (Å²) < 4.78 is 0. The quantitative estimate of drug-likeness (QED) is 0.799. The highest BCUT2D eigenvalue weighted by Crippen LogP contribution is 2.24. The molecule has 0 aliphatic heterocycles. The molecule has 112 valence electrons. The van der Waals surface area contributed by atoms with Crippen molar-refractivity contribution in [3.63, 3.8) is 0 Å². The van der Waals surface area contributed by atoms with E-state index in [4.69, 9.17) is 5.73 Å². The van der Waals surface area contributed by atoms with Crippen LogP contribution in [0.3, 0.4) is 0 Å². The molecule has 0 bridgehead atoms. The smallest absolute Gasteiger partial charge is 0.234 e. The van der Waals surface area contributed by atoms with Crippen molar-refractivity contribution in [1.82, 2.24) is 10.2 Å². The zero-order chi connectivity index (χ0) is 15.1. The maximum atomic E-state index is 11.8. The number of hydrogen-bond acceptors (Lipinski definition) is 3. The van der Waals surface area contributed by atoms with Crippen molar-refractivity contribution in [2.45, 2.75) is 39.8 Å². The molecule has 0 saturated carbocycles. The predicted octanol–water partition coefficient (Wildman–Crippen LogP) is 1.84. The maximum Gasteiger partial charge on any atom is 0.234 e. The van der Waals surface area contributed by atoms with Crippen LogP contribution in [0.15, 0.2) is 24.3 Å². The molecular formula is C16H27N3O. The van der Waals surface area contributed by atoms with Gasteiger partial charge in [-0.25, -0.2) is 0 Å². The molecule has 0 saturated heterocycles. The molecule has 20 heavy (non-hydrogen) atoms. The van der Waals surface area contributed by atoms with Crippen LogP contribution in [0, 0.1) is 6.92 Å². The molecule has 2 atom stereocenters. The number of nitrogens with zero attached hydrogens (tertiary/aromatic N) is 1. The van der Waals surface area contributed by atoms with Crippen LogP contribution in [-0.4, -0.2) is 36.5 Å². The number of carbonyl (C=O) groups excluding carboxylic acids is 1. The normalized spacial score (nSPS) is 14.1. The highest BCUT2D eigenvalue weighted by atomic mass is 16.2. The Hall–Kier alpha value is -1.39. The Morgan fingerprint density at radius 3 is 2.60 bits per heavy atom. The average molecular weight is 277 g/mol. The van der Waals surface area contributed by atoms with Crippen LogP contribution in [0.25, 0.3) is 0 Å². The largest absolute Gasteiger partial charge is 0.355 e. The molecule has 1 aromatic carbocycles. The first-order valence-electron chi connectivity index (χ1n) is 7.32. The highest BCUT2D eigenvalue weighted by molar-refractivity contribution is 5.78. The third-order valence-electron chi connectivity index (χ3n) is 3.40. The molecule has 0 aliphatic rings. The number of nitrogens with two attached hydrogens (primary N) is 1. The Balaban J connectivity index is 2.95. The van der Waals surface area contributed by atoms with Gasteiger partial charge in [-0.1, -0.05) is 36.8 Å². The summed E-state index contributed by atoms with van der Waals surface area (Å²) in [5.74, 6) is 0.0488. The van der Waals surface area contributed by atoms with Gasteiger partial charge in [-0.15, -0.1) is 0 Å². The number of carbonyl (C=O) groups is 1. The zero-order valence-electron chi connectivity index (χ0n) is 13.0. The molecule has 1 rings (SSSR count). The van der Waals surface area contributed by atoms with Crippen molar-refractivity contribution in [3.05, 3.63) is 35.4 Å². The Morgan fingerprint density at radius 2 is 2.10 bits per heavy atom. The molecule has 0 fully saturated rings.